The standard InChI is InChI=1S/C29H31ClO2/c1-27(2,3)21-16-29(17-22(26(21)32)28(4,5)6)23(19-13-10-14-20(30)15-19)24(29)25(31)18-11-8-7-9-12-18/h7-17,23-24H,1-6H3/t23-,24+/m1/s1. The Morgan fingerprint density at radius 2 is 1.41 bits per heavy atom. The van der Waals surface area contributed by atoms with E-state index in [0.717, 1.165) is 16.7 Å². The van der Waals surface area contributed by atoms with Crippen molar-refractivity contribution in [2.45, 2.75) is 47.5 Å². The first-order chi connectivity index (χ1) is 14.9. The van der Waals surface area contributed by atoms with E-state index in [-0.39, 0.29) is 34.2 Å². The number of hydrogen-bond acceptors (Lipinski definition) is 2. The topological polar surface area (TPSA) is 34.1 Å². The maximum Gasteiger partial charge on any atom is 0.185 e. The van der Waals surface area contributed by atoms with Crippen LogP contribution in [-0.4, -0.2) is 11.6 Å². The van der Waals surface area contributed by atoms with Crippen molar-refractivity contribution in [2.75, 3.05) is 0 Å². The molecule has 0 unspecified atom stereocenters. The second kappa shape index (κ2) is 7.56. The zero-order valence-electron chi connectivity index (χ0n) is 19.7. The lowest BCUT2D eigenvalue weighted by molar-refractivity contribution is -0.114. The first-order valence-corrected chi connectivity index (χ1v) is 11.6. The van der Waals surface area contributed by atoms with Crippen LogP contribution in [0.4, 0.5) is 0 Å². The van der Waals surface area contributed by atoms with Gasteiger partial charge in [-0.1, -0.05) is 108 Å². The predicted octanol–water partition coefficient (Wildman–Crippen LogP) is 7.45. The average molecular weight is 447 g/mol. The van der Waals surface area contributed by atoms with Gasteiger partial charge in [0.15, 0.2) is 11.6 Å². The quantitative estimate of drug-likeness (QED) is 0.458. The molecule has 1 spiro atoms. The number of rotatable bonds is 3. The van der Waals surface area contributed by atoms with Crippen LogP contribution in [0.3, 0.4) is 0 Å². The third-order valence-corrected chi connectivity index (χ3v) is 6.98. The predicted molar refractivity (Wildman–Crippen MR) is 131 cm³/mol. The molecule has 0 aromatic heterocycles. The number of halogens is 1. The van der Waals surface area contributed by atoms with Crippen LogP contribution in [0.2, 0.25) is 5.02 Å². The number of Topliss-reactive ketones (excluding diaryl/α,β-unsaturated/α-hetero) is 2. The van der Waals surface area contributed by atoms with Crippen LogP contribution in [0.1, 0.15) is 63.4 Å². The van der Waals surface area contributed by atoms with E-state index in [2.05, 4.69) is 53.7 Å². The Balaban J connectivity index is 1.94. The van der Waals surface area contributed by atoms with Crippen molar-refractivity contribution in [1.29, 1.82) is 0 Å². The largest absolute Gasteiger partial charge is 0.294 e. The maximum absolute atomic E-state index is 13.8. The molecule has 0 N–H and O–H groups in total. The summed E-state index contributed by atoms with van der Waals surface area (Å²) in [5.74, 6) is -0.125. The van der Waals surface area contributed by atoms with Gasteiger partial charge in [0.25, 0.3) is 0 Å². The summed E-state index contributed by atoms with van der Waals surface area (Å²) in [7, 11) is 0. The summed E-state index contributed by atoms with van der Waals surface area (Å²) >= 11 is 6.34. The molecule has 0 heterocycles. The number of carbonyl (C=O) groups is 2. The Morgan fingerprint density at radius 1 is 0.844 bits per heavy atom. The molecular formula is C29H31ClO2. The Kier molecular flexibility index (Phi) is 5.37. The maximum atomic E-state index is 13.8. The lowest BCUT2D eigenvalue weighted by Gasteiger charge is -2.34. The number of ketones is 2. The van der Waals surface area contributed by atoms with Crippen LogP contribution in [0.5, 0.6) is 0 Å². The molecule has 1 saturated carbocycles. The first-order valence-electron chi connectivity index (χ1n) is 11.2. The van der Waals surface area contributed by atoms with Gasteiger partial charge in [-0.15, -0.1) is 0 Å². The zero-order chi connectivity index (χ0) is 23.5. The third kappa shape index (κ3) is 3.79. The van der Waals surface area contributed by atoms with Crippen LogP contribution in [0, 0.1) is 22.2 Å². The SMILES string of the molecule is CC(C)(C)C1=CC2(C=C(C(C)(C)C)C1=O)[C@H](C(=O)c1ccccc1)[C@H]2c1cccc(Cl)c1. The molecule has 1 fully saturated rings. The van der Waals surface area contributed by atoms with E-state index in [4.69, 9.17) is 11.6 Å². The second-order valence-corrected chi connectivity index (χ2v) is 11.6. The van der Waals surface area contributed by atoms with Gasteiger partial charge in [-0.05, 0) is 28.5 Å². The Labute approximate surface area is 196 Å². The lowest BCUT2D eigenvalue weighted by Crippen LogP contribution is -2.31. The number of allylic oxidation sites excluding steroid dienone is 4. The molecular weight excluding hydrogens is 416 g/mol. The van der Waals surface area contributed by atoms with Crippen LogP contribution in [0.15, 0.2) is 77.9 Å². The summed E-state index contributed by atoms with van der Waals surface area (Å²) in [6.07, 6.45) is 4.20. The smallest absolute Gasteiger partial charge is 0.185 e. The van der Waals surface area contributed by atoms with Crippen molar-refractivity contribution in [3.8, 4) is 0 Å². The average Bonchev–Trinajstić information content (AvgIpc) is 3.35. The monoisotopic (exact) mass is 446 g/mol. The molecule has 2 nitrogen and oxygen atoms in total. The molecule has 2 aliphatic carbocycles. The fourth-order valence-electron chi connectivity index (χ4n) is 5.06. The van der Waals surface area contributed by atoms with Crippen molar-refractivity contribution in [1.82, 2.24) is 0 Å². The number of benzene rings is 2. The van der Waals surface area contributed by atoms with E-state index < -0.39 is 5.41 Å². The molecule has 166 valence electrons. The molecule has 2 aromatic rings. The van der Waals surface area contributed by atoms with E-state index in [0.29, 0.717) is 10.6 Å². The minimum absolute atomic E-state index is 0.0586. The van der Waals surface area contributed by atoms with Gasteiger partial charge in [0.2, 0.25) is 0 Å². The Morgan fingerprint density at radius 3 is 1.91 bits per heavy atom. The molecule has 2 atom stereocenters. The van der Waals surface area contributed by atoms with E-state index in [1.807, 2.05) is 54.6 Å². The van der Waals surface area contributed by atoms with Crippen LogP contribution < -0.4 is 0 Å². The van der Waals surface area contributed by atoms with Gasteiger partial charge < -0.3 is 0 Å². The fraction of sp³-hybridized carbons (Fsp3) is 0.379. The highest BCUT2D eigenvalue weighted by molar-refractivity contribution is 6.30. The number of carbonyl (C=O) groups excluding carboxylic acids is 2. The summed E-state index contributed by atoms with van der Waals surface area (Å²) in [4.78, 5) is 27.3. The van der Waals surface area contributed by atoms with Gasteiger partial charge in [0.05, 0.1) is 0 Å². The van der Waals surface area contributed by atoms with Gasteiger partial charge >= 0.3 is 0 Å². The highest BCUT2D eigenvalue weighted by Gasteiger charge is 2.67. The molecule has 0 aliphatic heterocycles. The summed E-state index contributed by atoms with van der Waals surface area (Å²) < 4.78 is 0. The van der Waals surface area contributed by atoms with Crippen LogP contribution >= 0.6 is 11.6 Å². The Bertz CT molecular complexity index is 1110. The van der Waals surface area contributed by atoms with Gasteiger partial charge in [-0.3, -0.25) is 9.59 Å². The normalized spacial score (nSPS) is 22.4. The highest BCUT2D eigenvalue weighted by Crippen LogP contribution is 2.70. The summed E-state index contributed by atoms with van der Waals surface area (Å²) in [6, 6.07) is 17.3. The molecule has 0 bridgehead atoms. The summed E-state index contributed by atoms with van der Waals surface area (Å²) in [6.45, 7) is 12.4. The van der Waals surface area contributed by atoms with E-state index in [9.17, 15) is 9.59 Å². The van der Waals surface area contributed by atoms with Gasteiger partial charge in [-0.25, -0.2) is 0 Å². The van der Waals surface area contributed by atoms with Gasteiger partial charge in [-0.2, -0.15) is 0 Å². The van der Waals surface area contributed by atoms with Crippen molar-refractivity contribution in [3.05, 3.63) is 94.0 Å². The van der Waals surface area contributed by atoms with E-state index >= 15 is 0 Å². The summed E-state index contributed by atoms with van der Waals surface area (Å²) in [5, 5.41) is 0.655. The van der Waals surface area contributed by atoms with Crippen molar-refractivity contribution < 1.29 is 9.59 Å². The second-order valence-electron chi connectivity index (χ2n) is 11.2. The Hall–Kier alpha value is -2.45. The minimum atomic E-state index is -0.531. The highest BCUT2D eigenvalue weighted by atomic mass is 35.5. The first kappa shape index (κ1) is 22.7. The molecule has 0 amide bonds. The molecule has 0 saturated heterocycles. The fourth-order valence-corrected chi connectivity index (χ4v) is 5.26. The minimum Gasteiger partial charge on any atom is -0.294 e. The van der Waals surface area contributed by atoms with Crippen molar-refractivity contribution in [2.24, 2.45) is 22.2 Å². The lowest BCUT2D eigenvalue weighted by atomic mass is 9.69. The zero-order valence-corrected chi connectivity index (χ0v) is 20.5. The third-order valence-electron chi connectivity index (χ3n) is 6.74. The van der Waals surface area contributed by atoms with Crippen LogP contribution in [-0.2, 0) is 4.79 Å². The molecule has 2 aliphatic rings. The van der Waals surface area contributed by atoms with Crippen molar-refractivity contribution >= 4 is 23.2 Å². The molecule has 32 heavy (non-hydrogen) atoms. The van der Waals surface area contributed by atoms with E-state index in [1.54, 1.807) is 0 Å². The van der Waals surface area contributed by atoms with Crippen molar-refractivity contribution in [3.63, 3.8) is 0 Å². The van der Waals surface area contributed by atoms with Crippen LogP contribution in [0.25, 0.3) is 0 Å². The molecule has 0 radical (unpaired) electrons. The molecule has 2 aromatic carbocycles. The number of hydrogen-bond donors (Lipinski definition) is 0. The van der Waals surface area contributed by atoms with Gasteiger partial charge in [0, 0.05) is 39.0 Å². The van der Waals surface area contributed by atoms with Gasteiger partial charge in [0.1, 0.15) is 0 Å². The molecule has 3 heteroatoms. The van der Waals surface area contributed by atoms with E-state index in [1.165, 1.54) is 0 Å². The molecule has 4 rings (SSSR count). The summed E-state index contributed by atoms with van der Waals surface area (Å²) in [5.41, 5.74) is 2.15.